The van der Waals surface area contributed by atoms with Crippen molar-refractivity contribution in [3.05, 3.63) is 24.3 Å². The van der Waals surface area contributed by atoms with Crippen LogP contribution in [-0.4, -0.2) is 31.6 Å². The van der Waals surface area contributed by atoms with Crippen LogP contribution in [0.4, 0.5) is 16.2 Å². The Bertz CT molecular complexity index is 478. The van der Waals surface area contributed by atoms with Crippen molar-refractivity contribution in [3.63, 3.8) is 0 Å². The zero-order valence-corrected chi connectivity index (χ0v) is 10.1. The van der Waals surface area contributed by atoms with E-state index < -0.39 is 0 Å². The predicted molar refractivity (Wildman–Crippen MR) is 68.8 cm³/mol. The van der Waals surface area contributed by atoms with Crippen molar-refractivity contribution in [2.75, 3.05) is 29.4 Å². The number of imide groups is 1. The van der Waals surface area contributed by atoms with Gasteiger partial charge < -0.3 is 4.90 Å². The summed E-state index contributed by atoms with van der Waals surface area (Å²) in [6.07, 6.45) is 2.48. The summed E-state index contributed by atoms with van der Waals surface area (Å²) in [5, 5.41) is 2.27. The molecule has 0 bridgehead atoms. The van der Waals surface area contributed by atoms with Gasteiger partial charge >= 0.3 is 6.03 Å². The fourth-order valence-electron chi connectivity index (χ4n) is 2.47. The first-order valence-electron chi connectivity index (χ1n) is 6.20. The zero-order valence-electron chi connectivity index (χ0n) is 10.1. The van der Waals surface area contributed by atoms with Crippen molar-refractivity contribution >= 4 is 23.3 Å². The number of nitrogens with one attached hydrogen (secondary N) is 1. The SMILES string of the molecule is O=C1CN(c2ccc(N3CCCC3)cc2)C(=O)N1. The van der Waals surface area contributed by atoms with Gasteiger partial charge in [-0.3, -0.25) is 15.0 Å². The Labute approximate surface area is 105 Å². The van der Waals surface area contributed by atoms with Crippen molar-refractivity contribution < 1.29 is 9.59 Å². The van der Waals surface area contributed by atoms with Crippen molar-refractivity contribution in [1.29, 1.82) is 0 Å². The van der Waals surface area contributed by atoms with Gasteiger partial charge in [0.15, 0.2) is 0 Å². The molecule has 0 spiro atoms. The van der Waals surface area contributed by atoms with Crippen LogP contribution in [0.25, 0.3) is 0 Å². The number of nitrogens with zero attached hydrogens (tertiary/aromatic N) is 2. The molecule has 1 aromatic rings. The number of amides is 3. The Morgan fingerprint density at radius 3 is 2.11 bits per heavy atom. The summed E-state index contributed by atoms with van der Waals surface area (Å²) in [5.74, 6) is -0.247. The molecule has 2 saturated heterocycles. The normalized spacial score (nSPS) is 19.6. The second-order valence-corrected chi connectivity index (χ2v) is 4.65. The maximum atomic E-state index is 11.5. The molecule has 5 heteroatoms. The Balaban J connectivity index is 1.78. The minimum atomic E-state index is -0.339. The van der Waals surface area contributed by atoms with Crippen molar-refractivity contribution in [2.24, 2.45) is 0 Å². The Morgan fingerprint density at radius 2 is 1.56 bits per heavy atom. The van der Waals surface area contributed by atoms with Crippen LogP contribution in [0.1, 0.15) is 12.8 Å². The molecule has 94 valence electrons. The maximum Gasteiger partial charge on any atom is 0.329 e. The van der Waals surface area contributed by atoms with Gasteiger partial charge in [0, 0.05) is 24.5 Å². The van der Waals surface area contributed by atoms with E-state index in [-0.39, 0.29) is 18.5 Å². The van der Waals surface area contributed by atoms with Crippen LogP contribution in [0.2, 0.25) is 0 Å². The number of benzene rings is 1. The molecular weight excluding hydrogens is 230 g/mol. The average Bonchev–Trinajstić information content (AvgIpc) is 2.99. The zero-order chi connectivity index (χ0) is 12.5. The lowest BCUT2D eigenvalue weighted by Crippen LogP contribution is -2.27. The van der Waals surface area contributed by atoms with E-state index in [0.29, 0.717) is 0 Å². The van der Waals surface area contributed by atoms with Gasteiger partial charge in [0.1, 0.15) is 6.54 Å². The van der Waals surface area contributed by atoms with Crippen molar-refractivity contribution in [2.45, 2.75) is 12.8 Å². The van der Waals surface area contributed by atoms with Crippen LogP contribution >= 0.6 is 0 Å². The van der Waals surface area contributed by atoms with E-state index in [4.69, 9.17) is 0 Å². The fraction of sp³-hybridized carbons (Fsp3) is 0.385. The largest absolute Gasteiger partial charge is 0.372 e. The van der Waals surface area contributed by atoms with Crippen LogP contribution in [-0.2, 0) is 4.79 Å². The number of hydrogen-bond donors (Lipinski definition) is 1. The maximum absolute atomic E-state index is 11.5. The molecule has 5 nitrogen and oxygen atoms in total. The molecule has 0 unspecified atom stereocenters. The Kier molecular flexibility index (Phi) is 2.66. The number of carbonyl (C=O) groups excluding carboxylic acids is 2. The molecule has 0 atom stereocenters. The lowest BCUT2D eigenvalue weighted by Gasteiger charge is -2.19. The third kappa shape index (κ3) is 1.92. The number of anilines is 2. The highest BCUT2D eigenvalue weighted by atomic mass is 16.2. The number of rotatable bonds is 2. The molecule has 3 amide bonds. The van der Waals surface area contributed by atoms with Crippen LogP contribution < -0.4 is 15.1 Å². The van der Waals surface area contributed by atoms with Gasteiger partial charge in [-0.05, 0) is 37.1 Å². The third-order valence-electron chi connectivity index (χ3n) is 3.43. The van der Waals surface area contributed by atoms with Crippen molar-refractivity contribution in [1.82, 2.24) is 5.32 Å². The average molecular weight is 245 g/mol. The standard InChI is InChI=1S/C13H15N3O2/c17-12-9-16(13(18)14-12)11-5-3-10(4-6-11)15-7-1-2-8-15/h3-6H,1-2,7-9H2,(H,14,17,18). The van der Waals surface area contributed by atoms with E-state index in [0.717, 1.165) is 18.8 Å². The molecular formula is C13H15N3O2. The highest BCUT2D eigenvalue weighted by Gasteiger charge is 2.27. The van der Waals surface area contributed by atoms with Crippen LogP contribution in [0.5, 0.6) is 0 Å². The quantitative estimate of drug-likeness (QED) is 0.800. The fourth-order valence-corrected chi connectivity index (χ4v) is 2.47. The second-order valence-electron chi connectivity index (χ2n) is 4.65. The van der Waals surface area contributed by atoms with Gasteiger partial charge in [-0.1, -0.05) is 0 Å². The summed E-state index contributed by atoms with van der Waals surface area (Å²) in [5.41, 5.74) is 1.95. The van der Waals surface area contributed by atoms with Gasteiger partial charge in [0.05, 0.1) is 0 Å². The van der Waals surface area contributed by atoms with E-state index >= 15 is 0 Å². The lowest BCUT2D eigenvalue weighted by molar-refractivity contribution is -0.117. The molecule has 1 N–H and O–H groups in total. The van der Waals surface area contributed by atoms with E-state index in [2.05, 4.69) is 10.2 Å². The van der Waals surface area contributed by atoms with Gasteiger partial charge in [-0.25, -0.2) is 4.79 Å². The van der Waals surface area contributed by atoms with Crippen LogP contribution in [0, 0.1) is 0 Å². The molecule has 0 aliphatic carbocycles. The minimum absolute atomic E-state index is 0.113. The van der Waals surface area contributed by atoms with E-state index in [1.54, 1.807) is 0 Å². The number of carbonyl (C=O) groups is 2. The number of hydrogen-bond acceptors (Lipinski definition) is 3. The van der Waals surface area contributed by atoms with Gasteiger partial charge in [-0.15, -0.1) is 0 Å². The van der Waals surface area contributed by atoms with Gasteiger partial charge in [0.2, 0.25) is 5.91 Å². The Hall–Kier alpha value is -2.04. The molecule has 0 radical (unpaired) electrons. The smallest absolute Gasteiger partial charge is 0.329 e. The molecule has 2 aliphatic heterocycles. The highest BCUT2D eigenvalue weighted by Crippen LogP contribution is 2.24. The monoisotopic (exact) mass is 245 g/mol. The van der Waals surface area contributed by atoms with Gasteiger partial charge in [-0.2, -0.15) is 0 Å². The summed E-state index contributed by atoms with van der Waals surface area (Å²) >= 11 is 0. The first-order valence-corrected chi connectivity index (χ1v) is 6.20. The summed E-state index contributed by atoms with van der Waals surface area (Å²) in [4.78, 5) is 26.4. The molecule has 0 aromatic heterocycles. The molecule has 18 heavy (non-hydrogen) atoms. The summed E-state index contributed by atoms with van der Waals surface area (Å²) in [6.45, 7) is 2.31. The van der Waals surface area contributed by atoms with Crippen LogP contribution in [0.3, 0.4) is 0 Å². The molecule has 1 aromatic carbocycles. The summed E-state index contributed by atoms with van der Waals surface area (Å²) in [6, 6.07) is 7.47. The van der Waals surface area contributed by atoms with E-state index in [9.17, 15) is 9.59 Å². The molecule has 2 aliphatic rings. The molecule has 3 rings (SSSR count). The topological polar surface area (TPSA) is 52.7 Å². The molecule has 0 saturated carbocycles. The van der Waals surface area contributed by atoms with Crippen LogP contribution in [0.15, 0.2) is 24.3 Å². The van der Waals surface area contributed by atoms with E-state index in [1.807, 2.05) is 24.3 Å². The first kappa shape index (κ1) is 11.1. The van der Waals surface area contributed by atoms with Crippen molar-refractivity contribution in [3.8, 4) is 0 Å². The summed E-state index contributed by atoms with van der Waals surface area (Å²) < 4.78 is 0. The minimum Gasteiger partial charge on any atom is -0.372 e. The second kappa shape index (κ2) is 4.33. The first-order chi connectivity index (χ1) is 8.74. The molecule has 2 fully saturated rings. The Morgan fingerprint density at radius 1 is 0.944 bits per heavy atom. The van der Waals surface area contributed by atoms with E-state index in [1.165, 1.54) is 23.4 Å². The molecule has 2 heterocycles. The predicted octanol–water partition coefficient (Wildman–Crippen LogP) is 1.34. The lowest BCUT2D eigenvalue weighted by atomic mass is 10.2. The third-order valence-corrected chi connectivity index (χ3v) is 3.43. The van der Waals surface area contributed by atoms with Gasteiger partial charge in [0.25, 0.3) is 0 Å². The highest BCUT2D eigenvalue weighted by molar-refractivity contribution is 6.12. The summed E-state index contributed by atoms with van der Waals surface area (Å²) in [7, 11) is 0. The number of urea groups is 1.